The molecule has 1 amide bonds. The number of anilines is 3. The Kier molecular flexibility index (Phi) is 7.23. The van der Waals surface area contributed by atoms with Crippen molar-refractivity contribution in [3.05, 3.63) is 53.6 Å². The quantitative estimate of drug-likeness (QED) is 0.698. The maximum atomic E-state index is 13.0. The molecule has 0 aliphatic carbocycles. The van der Waals surface area contributed by atoms with Crippen molar-refractivity contribution in [1.82, 2.24) is 0 Å². The van der Waals surface area contributed by atoms with Crippen LogP contribution in [0.4, 0.5) is 17.1 Å². The lowest BCUT2D eigenvalue weighted by atomic mass is 10.1. The van der Waals surface area contributed by atoms with Gasteiger partial charge in [-0.05, 0) is 55.0 Å². The molecule has 0 aromatic heterocycles. The molecular weight excluding hydrogens is 426 g/mol. The molecule has 1 N–H and O–H groups in total. The number of rotatable bonds is 7. The normalized spacial score (nSPS) is 15.5. The molecule has 0 saturated carbocycles. The molecule has 1 aliphatic rings. The highest BCUT2D eigenvalue weighted by Gasteiger charge is 2.31. The van der Waals surface area contributed by atoms with Gasteiger partial charge in [0.05, 0.1) is 25.2 Å². The predicted octanol–water partition coefficient (Wildman–Crippen LogP) is 3.36. The summed E-state index contributed by atoms with van der Waals surface area (Å²) in [4.78, 5) is 15.2. The van der Waals surface area contributed by atoms with Crippen LogP contribution >= 0.6 is 11.6 Å². The van der Waals surface area contributed by atoms with Crippen LogP contribution in [0, 0.1) is 0 Å². The molecular formula is C21H26ClN3O4S. The average molecular weight is 452 g/mol. The SMILES string of the molecule is CC[C@@H](C(=O)Nc1ccc(N2CCOCC2)cc1)N(c1ccc(Cl)cc1)S(C)(=O)=O. The standard InChI is InChI=1S/C21H26ClN3O4S/c1-3-20(25(30(2,27)28)19-8-4-16(22)5-9-19)21(26)23-17-6-10-18(11-7-17)24-12-14-29-15-13-24/h4-11,20H,3,12-15H2,1-2H3,(H,23,26)/t20-/m0/s1. The summed E-state index contributed by atoms with van der Waals surface area (Å²) in [5.41, 5.74) is 2.06. The zero-order chi connectivity index (χ0) is 21.7. The van der Waals surface area contributed by atoms with Crippen molar-refractivity contribution in [1.29, 1.82) is 0 Å². The molecule has 2 aromatic carbocycles. The predicted molar refractivity (Wildman–Crippen MR) is 121 cm³/mol. The van der Waals surface area contributed by atoms with Crippen LogP contribution in [0.3, 0.4) is 0 Å². The maximum Gasteiger partial charge on any atom is 0.248 e. The Hall–Kier alpha value is -2.29. The van der Waals surface area contributed by atoms with Gasteiger partial charge in [0.25, 0.3) is 0 Å². The Morgan fingerprint density at radius 2 is 1.73 bits per heavy atom. The first kappa shape index (κ1) is 22.4. The van der Waals surface area contributed by atoms with E-state index < -0.39 is 22.0 Å². The van der Waals surface area contributed by atoms with Crippen molar-refractivity contribution < 1.29 is 17.9 Å². The number of sulfonamides is 1. The number of hydrogen-bond acceptors (Lipinski definition) is 5. The van der Waals surface area contributed by atoms with E-state index in [1.165, 1.54) is 0 Å². The third kappa shape index (κ3) is 5.44. The van der Waals surface area contributed by atoms with Crippen LogP contribution in [0.5, 0.6) is 0 Å². The number of carbonyl (C=O) groups excluding carboxylic acids is 1. The van der Waals surface area contributed by atoms with Gasteiger partial charge in [0.15, 0.2) is 0 Å². The van der Waals surface area contributed by atoms with Crippen molar-refractivity contribution in [2.75, 3.05) is 47.1 Å². The molecule has 1 saturated heterocycles. The summed E-state index contributed by atoms with van der Waals surface area (Å²) in [6.07, 6.45) is 1.40. The molecule has 0 spiro atoms. The largest absolute Gasteiger partial charge is 0.378 e. The fraction of sp³-hybridized carbons (Fsp3) is 0.381. The third-order valence-electron chi connectivity index (χ3n) is 4.92. The van der Waals surface area contributed by atoms with E-state index in [1.807, 2.05) is 24.3 Å². The number of ether oxygens (including phenoxy) is 1. The number of nitrogens with zero attached hydrogens (tertiary/aromatic N) is 2. The molecule has 3 rings (SSSR count). The second kappa shape index (κ2) is 9.68. The topological polar surface area (TPSA) is 79.0 Å². The highest BCUT2D eigenvalue weighted by atomic mass is 35.5. The molecule has 1 atom stereocenters. The number of carbonyl (C=O) groups is 1. The van der Waals surface area contributed by atoms with Gasteiger partial charge in [0, 0.05) is 29.5 Å². The summed E-state index contributed by atoms with van der Waals surface area (Å²) >= 11 is 5.93. The number of nitrogens with one attached hydrogen (secondary N) is 1. The van der Waals surface area contributed by atoms with E-state index in [0.29, 0.717) is 36.0 Å². The van der Waals surface area contributed by atoms with Crippen molar-refractivity contribution in [2.24, 2.45) is 0 Å². The van der Waals surface area contributed by atoms with E-state index in [-0.39, 0.29) is 0 Å². The molecule has 2 aromatic rings. The summed E-state index contributed by atoms with van der Waals surface area (Å²) in [5, 5.41) is 3.33. The molecule has 30 heavy (non-hydrogen) atoms. The smallest absolute Gasteiger partial charge is 0.248 e. The first-order chi connectivity index (χ1) is 14.3. The van der Waals surface area contributed by atoms with Gasteiger partial charge in [0.1, 0.15) is 6.04 Å². The van der Waals surface area contributed by atoms with Gasteiger partial charge in [-0.25, -0.2) is 8.42 Å². The number of morpholine rings is 1. The van der Waals surface area contributed by atoms with Crippen LogP contribution in [-0.2, 0) is 19.6 Å². The van der Waals surface area contributed by atoms with E-state index in [0.717, 1.165) is 29.3 Å². The Labute approximate surface area is 182 Å². The van der Waals surface area contributed by atoms with E-state index in [1.54, 1.807) is 31.2 Å². The highest BCUT2D eigenvalue weighted by molar-refractivity contribution is 7.92. The van der Waals surface area contributed by atoms with Crippen LogP contribution in [0.15, 0.2) is 48.5 Å². The van der Waals surface area contributed by atoms with Crippen molar-refractivity contribution in [3.63, 3.8) is 0 Å². The molecule has 7 nitrogen and oxygen atoms in total. The number of halogens is 1. The Balaban J connectivity index is 1.77. The highest BCUT2D eigenvalue weighted by Crippen LogP contribution is 2.25. The van der Waals surface area contributed by atoms with Crippen LogP contribution < -0.4 is 14.5 Å². The number of amides is 1. The zero-order valence-corrected chi connectivity index (χ0v) is 18.6. The lowest BCUT2D eigenvalue weighted by Gasteiger charge is -2.30. The van der Waals surface area contributed by atoms with Crippen LogP contribution in [0.25, 0.3) is 0 Å². The Morgan fingerprint density at radius 3 is 2.27 bits per heavy atom. The fourth-order valence-corrected chi connectivity index (χ4v) is 4.79. The van der Waals surface area contributed by atoms with Gasteiger partial charge >= 0.3 is 0 Å². The molecule has 1 fully saturated rings. The minimum Gasteiger partial charge on any atom is -0.378 e. The zero-order valence-electron chi connectivity index (χ0n) is 17.0. The third-order valence-corrected chi connectivity index (χ3v) is 6.35. The van der Waals surface area contributed by atoms with Crippen LogP contribution in [0.1, 0.15) is 13.3 Å². The molecule has 9 heteroatoms. The van der Waals surface area contributed by atoms with E-state index in [4.69, 9.17) is 16.3 Å². The molecule has 0 unspecified atom stereocenters. The number of benzene rings is 2. The van der Waals surface area contributed by atoms with Gasteiger partial charge < -0.3 is 15.0 Å². The lowest BCUT2D eigenvalue weighted by molar-refractivity contribution is -0.117. The first-order valence-electron chi connectivity index (χ1n) is 9.78. The van der Waals surface area contributed by atoms with Gasteiger partial charge in [-0.2, -0.15) is 0 Å². The van der Waals surface area contributed by atoms with Gasteiger partial charge in [0.2, 0.25) is 15.9 Å². The summed E-state index contributed by atoms with van der Waals surface area (Å²) in [5.74, 6) is -0.392. The second-order valence-electron chi connectivity index (χ2n) is 7.09. The number of hydrogen-bond donors (Lipinski definition) is 1. The van der Waals surface area contributed by atoms with Crippen LogP contribution in [-0.4, -0.2) is 52.9 Å². The molecule has 162 valence electrons. The van der Waals surface area contributed by atoms with Crippen molar-refractivity contribution in [3.8, 4) is 0 Å². The van der Waals surface area contributed by atoms with Crippen LogP contribution in [0.2, 0.25) is 5.02 Å². The Bertz CT molecular complexity index is 959. The van der Waals surface area contributed by atoms with Crippen molar-refractivity contribution in [2.45, 2.75) is 19.4 Å². The molecule has 0 radical (unpaired) electrons. The van der Waals surface area contributed by atoms with Gasteiger partial charge in [-0.3, -0.25) is 9.10 Å². The summed E-state index contributed by atoms with van der Waals surface area (Å²) in [6, 6.07) is 13.0. The van der Waals surface area contributed by atoms with E-state index in [9.17, 15) is 13.2 Å². The minimum absolute atomic E-state index is 0.313. The minimum atomic E-state index is -3.69. The summed E-state index contributed by atoms with van der Waals surface area (Å²) in [6.45, 7) is 4.83. The molecule has 0 bridgehead atoms. The van der Waals surface area contributed by atoms with E-state index >= 15 is 0 Å². The second-order valence-corrected chi connectivity index (χ2v) is 9.39. The summed E-state index contributed by atoms with van der Waals surface area (Å²) < 4.78 is 31.5. The van der Waals surface area contributed by atoms with Gasteiger partial charge in [-0.1, -0.05) is 18.5 Å². The maximum absolute atomic E-state index is 13.0. The molecule has 1 aliphatic heterocycles. The summed E-state index contributed by atoms with van der Waals surface area (Å²) in [7, 11) is -3.69. The van der Waals surface area contributed by atoms with E-state index in [2.05, 4.69) is 10.2 Å². The average Bonchev–Trinajstić information content (AvgIpc) is 2.73. The fourth-order valence-electron chi connectivity index (χ4n) is 3.45. The van der Waals surface area contributed by atoms with Crippen molar-refractivity contribution >= 4 is 44.6 Å². The first-order valence-corrected chi connectivity index (χ1v) is 12.0. The Morgan fingerprint density at radius 1 is 1.13 bits per heavy atom. The lowest BCUT2D eigenvalue weighted by Crippen LogP contribution is -2.47. The monoisotopic (exact) mass is 451 g/mol. The molecule has 1 heterocycles. The van der Waals surface area contributed by atoms with Gasteiger partial charge in [-0.15, -0.1) is 0 Å².